The van der Waals surface area contributed by atoms with Crippen LogP contribution in [0.4, 0.5) is 0 Å². The number of rotatable bonds is 6. The van der Waals surface area contributed by atoms with Crippen molar-refractivity contribution in [1.29, 1.82) is 0 Å². The molecule has 12 heteroatoms. The summed E-state index contributed by atoms with van der Waals surface area (Å²) in [7, 11) is 4.74. The third-order valence-corrected chi connectivity index (χ3v) is 12.4. The summed E-state index contributed by atoms with van der Waals surface area (Å²) in [6, 6.07) is -1.11. The van der Waals surface area contributed by atoms with Crippen LogP contribution in [0.1, 0.15) is 106 Å². The molecule has 3 heterocycles. The van der Waals surface area contributed by atoms with Crippen LogP contribution in [0.3, 0.4) is 0 Å². The van der Waals surface area contributed by atoms with Crippen LogP contribution in [0.25, 0.3) is 0 Å². The summed E-state index contributed by atoms with van der Waals surface area (Å²) >= 11 is 0. The van der Waals surface area contributed by atoms with Crippen LogP contribution < -0.4 is 0 Å². The minimum Gasteiger partial charge on any atom is -0.456 e. The standard InChI is InChI=1S/C43H67NO11/c1-10-31-19-25(2)18-26(3)20-36(52-8)39-37(53-9)22-28(5)43(50,55-39)40(47)41(48)44-17-12-11-16-33(44)42(49)54-38(29(6)34(45)24-35(31)46)27(4)21-30-14-13-15-32(23-30)51-7/h13,15,19,21,26,28-34,36-39,45,50H,10-12,14,16-18,20,22-24H2,1-9H3/b25-19+,27-21+/t26-,28+,29+,30-,31+,32-,33-,34-,36-,37-,38?,39+,43+/m0/s1. The number of esters is 1. The third kappa shape index (κ3) is 10.8. The Bertz CT molecular complexity index is 1440. The van der Waals surface area contributed by atoms with Gasteiger partial charge in [-0.25, -0.2) is 4.79 Å². The molecule has 4 aliphatic rings. The van der Waals surface area contributed by atoms with Gasteiger partial charge in [-0.1, -0.05) is 57.6 Å². The average Bonchev–Trinajstić information content (AvgIpc) is 3.17. The largest absolute Gasteiger partial charge is 0.456 e. The average molecular weight is 774 g/mol. The van der Waals surface area contributed by atoms with Gasteiger partial charge in [0.1, 0.15) is 24.0 Å². The molecule has 0 spiro atoms. The summed E-state index contributed by atoms with van der Waals surface area (Å²) in [4.78, 5) is 57.6. The van der Waals surface area contributed by atoms with Crippen molar-refractivity contribution in [2.24, 2.45) is 29.6 Å². The molecular weight excluding hydrogens is 706 g/mol. The monoisotopic (exact) mass is 773 g/mol. The normalized spacial score (nSPS) is 40.5. The third-order valence-electron chi connectivity index (χ3n) is 12.4. The molecule has 4 rings (SSSR count). The van der Waals surface area contributed by atoms with E-state index < -0.39 is 77.8 Å². The number of carbonyl (C=O) groups excluding carboxylic acids is 4. The number of hydrogen-bond acceptors (Lipinski definition) is 11. The number of carbonyl (C=O) groups is 4. The van der Waals surface area contributed by atoms with Crippen LogP contribution >= 0.6 is 0 Å². The van der Waals surface area contributed by atoms with E-state index in [2.05, 4.69) is 13.0 Å². The minimum atomic E-state index is -2.49. The molecular formula is C43H67NO11. The number of aliphatic hydroxyl groups excluding tert-OH is 1. The van der Waals surface area contributed by atoms with Crippen LogP contribution in [-0.2, 0) is 42.9 Å². The van der Waals surface area contributed by atoms with Gasteiger partial charge in [0, 0.05) is 52.0 Å². The quantitative estimate of drug-likeness (QED) is 0.206. The lowest BCUT2D eigenvalue weighted by atomic mass is 9.82. The lowest BCUT2D eigenvalue weighted by Gasteiger charge is -2.47. The molecule has 0 radical (unpaired) electrons. The first kappa shape index (κ1) is 45.0. The Morgan fingerprint density at radius 3 is 2.35 bits per heavy atom. The van der Waals surface area contributed by atoms with Crippen molar-refractivity contribution in [1.82, 2.24) is 4.90 Å². The van der Waals surface area contributed by atoms with Crippen molar-refractivity contribution in [2.75, 3.05) is 27.9 Å². The molecule has 3 aliphatic heterocycles. The van der Waals surface area contributed by atoms with Gasteiger partial charge in [0.2, 0.25) is 5.79 Å². The number of ether oxygens (including phenoxy) is 5. The van der Waals surface area contributed by atoms with Gasteiger partial charge in [0.15, 0.2) is 0 Å². The summed E-state index contributed by atoms with van der Waals surface area (Å²) in [5.41, 5.74) is 1.72. The van der Waals surface area contributed by atoms with Crippen molar-refractivity contribution in [2.45, 2.75) is 154 Å². The summed E-state index contributed by atoms with van der Waals surface area (Å²) in [5, 5.41) is 23.6. The van der Waals surface area contributed by atoms with E-state index in [0.717, 1.165) is 18.4 Å². The lowest BCUT2D eigenvalue weighted by Crippen LogP contribution is -2.64. The Morgan fingerprint density at radius 1 is 1.00 bits per heavy atom. The SMILES string of the molecule is CC[C@@H]1/C=C(\C)C[C@H](C)C[C@H](OC)[C@H]2O[C@@](O)(C(=O)C(=O)N3CCCC[C@H]3C(=O)OC(/C(C)=C/[C@@H]3CC=C[C@H](OC)C3)[C@H](C)[C@@H](O)CC1=O)[C@H](C)C[C@@H]2OC. The molecule has 2 fully saturated rings. The zero-order valence-corrected chi connectivity index (χ0v) is 34.5. The fourth-order valence-electron chi connectivity index (χ4n) is 9.03. The maximum absolute atomic E-state index is 14.3. The first-order valence-electron chi connectivity index (χ1n) is 20.4. The predicted molar refractivity (Wildman–Crippen MR) is 207 cm³/mol. The number of aliphatic hydroxyl groups is 2. The smallest absolute Gasteiger partial charge is 0.329 e. The van der Waals surface area contributed by atoms with Gasteiger partial charge in [-0.2, -0.15) is 0 Å². The van der Waals surface area contributed by atoms with Crippen LogP contribution in [0, 0.1) is 29.6 Å². The van der Waals surface area contributed by atoms with Crippen LogP contribution in [0.5, 0.6) is 0 Å². The lowest BCUT2D eigenvalue weighted by molar-refractivity contribution is -0.302. The zero-order valence-electron chi connectivity index (χ0n) is 34.5. The number of allylic oxidation sites excluding steroid dienone is 4. The molecule has 2 bridgehead atoms. The second-order valence-electron chi connectivity index (χ2n) is 16.7. The highest BCUT2D eigenvalue weighted by Gasteiger charge is 2.56. The number of nitrogens with zero attached hydrogens (tertiary/aromatic N) is 1. The summed E-state index contributed by atoms with van der Waals surface area (Å²) in [6.45, 7) is 11.4. The van der Waals surface area contributed by atoms with Crippen LogP contribution in [0.15, 0.2) is 35.5 Å². The van der Waals surface area contributed by atoms with Gasteiger partial charge < -0.3 is 38.8 Å². The van der Waals surface area contributed by atoms with Crippen molar-refractivity contribution in [3.05, 3.63) is 35.5 Å². The van der Waals surface area contributed by atoms with E-state index in [9.17, 15) is 29.4 Å². The molecule has 0 aromatic heterocycles. The van der Waals surface area contributed by atoms with E-state index in [4.69, 9.17) is 23.7 Å². The molecule has 12 nitrogen and oxygen atoms in total. The summed E-state index contributed by atoms with van der Waals surface area (Å²) in [5.74, 6) is -7.23. The molecule has 1 unspecified atom stereocenters. The Kier molecular flexibility index (Phi) is 16.4. The van der Waals surface area contributed by atoms with Gasteiger partial charge >= 0.3 is 5.97 Å². The van der Waals surface area contributed by atoms with E-state index in [0.29, 0.717) is 37.7 Å². The molecule has 2 saturated heterocycles. The molecule has 55 heavy (non-hydrogen) atoms. The second-order valence-corrected chi connectivity index (χ2v) is 16.7. The number of hydrogen-bond donors (Lipinski definition) is 2. The zero-order chi connectivity index (χ0) is 40.6. The summed E-state index contributed by atoms with van der Waals surface area (Å²) < 4.78 is 29.8. The highest BCUT2D eigenvalue weighted by Crippen LogP contribution is 2.39. The Morgan fingerprint density at radius 2 is 1.69 bits per heavy atom. The Labute approximate surface area is 328 Å². The van der Waals surface area contributed by atoms with E-state index in [1.165, 1.54) is 19.1 Å². The van der Waals surface area contributed by atoms with Gasteiger partial charge in [-0.15, -0.1) is 0 Å². The van der Waals surface area contributed by atoms with Gasteiger partial charge in [0.25, 0.3) is 11.7 Å². The van der Waals surface area contributed by atoms with Crippen molar-refractivity contribution in [3.8, 4) is 0 Å². The molecule has 0 saturated carbocycles. The highest BCUT2D eigenvalue weighted by atomic mass is 16.7. The first-order chi connectivity index (χ1) is 26.1. The van der Waals surface area contributed by atoms with Crippen molar-refractivity contribution in [3.63, 3.8) is 0 Å². The predicted octanol–water partition coefficient (Wildman–Crippen LogP) is 5.28. The van der Waals surface area contributed by atoms with E-state index >= 15 is 0 Å². The number of amides is 1. The van der Waals surface area contributed by atoms with Crippen LogP contribution in [-0.4, -0.2) is 115 Å². The summed E-state index contributed by atoms with van der Waals surface area (Å²) in [6.07, 6.45) is 8.71. The number of fused-ring (bicyclic) bond motifs is 3. The van der Waals surface area contributed by atoms with Gasteiger partial charge in [-0.05, 0) is 89.0 Å². The minimum absolute atomic E-state index is 0.0472. The van der Waals surface area contributed by atoms with E-state index in [-0.39, 0.29) is 49.5 Å². The molecule has 13 atom stereocenters. The number of methoxy groups -OCH3 is 3. The molecule has 0 aromatic carbocycles. The number of piperidine rings is 1. The van der Waals surface area contributed by atoms with Crippen LogP contribution in [0.2, 0.25) is 0 Å². The topological polar surface area (TPSA) is 158 Å². The highest BCUT2D eigenvalue weighted by molar-refractivity contribution is 6.39. The Balaban J connectivity index is 1.77. The van der Waals surface area contributed by atoms with Crippen molar-refractivity contribution >= 4 is 23.4 Å². The fraction of sp³-hybridized carbons (Fsp3) is 0.767. The fourth-order valence-corrected chi connectivity index (χ4v) is 9.03. The van der Waals surface area contributed by atoms with Gasteiger partial charge in [-0.3, -0.25) is 14.4 Å². The maximum atomic E-state index is 14.3. The second kappa shape index (κ2) is 20.1. The molecule has 1 amide bonds. The number of Topliss-reactive ketones (excluding diaryl/α,β-unsaturated/α-hetero) is 2. The molecule has 1 aliphatic carbocycles. The molecule has 310 valence electrons. The Hall–Kier alpha value is -2.74. The molecule has 2 N–H and O–H groups in total. The number of cyclic esters (lactones) is 1. The maximum Gasteiger partial charge on any atom is 0.329 e. The van der Waals surface area contributed by atoms with Crippen molar-refractivity contribution < 1.29 is 53.1 Å². The first-order valence-corrected chi connectivity index (χ1v) is 20.4. The van der Waals surface area contributed by atoms with E-state index in [1.807, 2.05) is 39.0 Å². The van der Waals surface area contributed by atoms with Gasteiger partial charge in [0.05, 0.1) is 24.4 Å². The molecule has 0 aromatic rings. The van der Waals surface area contributed by atoms with E-state index in [1.54, 1.807) is 21.0 Å². The number of ketones is 2.